The van der Waals surface area contributed by atoms with Crippen molar-refractivity contribution in [3.63, 3.8) is 0 Å². The number of nitrogens with one attached hydrogen (secondary N) is 1. The molecule has 8 nitrogen and oxygen atoms in total. The number of benzene rings is 2. The molecule has 1 N–H and O–H groups in total. The van der Waals surface area contributed by atoms with Crippen LogP contribution in [0.1, 0.15) is 45.6 Å². The van der Waals surface area contributed by atoms with Crippen molar-refractivity contribution in [1.82, 2.24) is 10.2 Å². The van der Waals surface area contributed by atoms with E-state index in [2.05, 4.69) is 5.32 Å². The average molecular weight is 518 g/mol. The van der Waals surface area contributed by atoms with E-state index in [9.17, 15) is 18.0 Å². The lowest BCUT2D eigenvalue weighted by Crippen LogP contribution is -2.49. The molecule has 1 atom stereocenters. The smallest absolute Gasteiger partial charge is 0.242 e. The van der Waals surface area contributed by atoms with Gasteiger partial charge in [-0.15, -0.1) is 0 Å². The summed E-state index contributed by atoms with van der Waals surface area (Å²) in [6.07, 6.45) is 2.05. The van der Waals surface area contributed by atoms with Gasteiger partial charge < -0.3 is 15.0 Å². The third-order valence-electron chi connectivity index (χ3n) is 5.78. The van der Waals surface area contributed by atoms with Crippen LogP contribution in [-0.2, 0) is 26.2 Å². The Morgan fingerprint density at radius 1 is 1.03 bits per heavy atom. The summed E-state index contributed by atoms with van der Waals surface area (Å²) in [5.41, 5.74) is 1.43. The molecule has 0 aromatic heterocycles. The average Bonchev–Trinajstić information content (AvgIpc) is 2.85. The molecular formula is C27H39N3O5S. The second-order valence-electron chi connectivity index (χ2n) is 9.21. The van der Waals surface area contributed by atoms with Crippen LogP contribution in [0.2, 0.25) is 0 Å². The van der Waals surface area contributed by atoms with Gasteiger partial charge in [0.15, 0.2) is 0 Å². The highest BCUT2D eigenvalue weighted by Gasteiger charge is 2.28. The van der Waals surface area contributed by atoms with Gasteiger partial charge in [0.2, 0.25) is 21.8 Å². The number of carbonyl (C=O) groups excluding carboxylic acids is 2. The molecule has 0 spiro atoms. The van der Waals surface area contributed by atoms with E-state index in [1.165, 1.54) is 4.31 Å². The van der Waals surface area contributed by atoms with E-state index in [4.69, 9.17) is 4.74 Å². The zero-order valence-corrected chi connectivity index (χ0v) is 22.8. The SMILES string of the molecule is CC[C@@H](C(=O)NCC(C)C)N(Cc1ccccc1)C(=O)CCCN(c1ccc(OC)cc1)S(C)(=O)=O. The highest BCUT2D eigenvalue weighted by atomic mass is 32.2. The zero-order valence-electron chi connectivity index (χ0n) is 21.9. The van der Waals surface area contributed by atoms with E-state index in [0.29, 0.717) is 43.3 Å². The van der Waals surface area contributed by atoms with Crippen molar-refractivity contribution in [2.75, 3.05) is 30.8 Å². The number of amides is 2. The molecule has 2 aromatic carbocycles. The Kier molecular flexibility index (Phi) is 11.2. The summed E-state index contributed by atoms with van der Waals surface area (Å²) in [5.74, 6) is 0.560. The largest absolute Gasteiger partial charge is 0.497 e. The number of carbonyl (C=O) groups is 2. The molecule has 0 bridgehead atoms. The summed E-state index contributed by atoms with van der Waals surface area (Å²) in [6.45, 7) is 6.91. The van der Waals surface area contributed by atoms with Crippen molar-refractivity contribution in [3.8, 4) is 5.75 Å². The molecule has 0 unspecified atom stereocenters. The van der Waals surface area contributed by atoms with Crippen LogP contribution in [0.25, 0.3) is 0 Å². The molecule has 0 saturated carbocycles. The van der Waals surface area contributed by atoms with Gasteiger partial charge in [-0.25, -0.2) is 8.42 Å². The summed E-state index contributed by atoms with van der Waals surface area (Å²) in [4.78, 5) is 28.0. The maximum Gasteiger partial charge on any atom is 0.242 e. The maximum atomic E-state index is 13.4. The van der Waals surface area contributed by atoms with Crippen LogP contribution in [0.5, 0.6) is 5.75 Å². The number of sulfonamides is 1. The number of rotatable bonds is 14. The number of nitrogens with zero attached hydrogens (tertiary/aromatic N) is 2. The molecule has 36 heavy (non-hydrogen) atoms. The molecule has 0 aliphatic carbocycles. The predicted octanol–water partition coefficient (Wildman–Crippen LogP) is 3.82. The molecule has 0 fully saturated rings. The van der Waals surface area contributed by atoms with E-state index in [1.54, 1.807) is 36.3 Å². The molecule has 2 rings (SSSR count). The van der Waals surface area contributed by atoms with Gasteiger partial charge in [-0.05, 0) is 48.6 Å². The Morgan fingerprint density at radius 2 is 1.67 bits per heavy atom. The molecule has 0 radical (unpaired) electrons. The molecule has 198 valence electrons. The lowest BCUT2D eigenvalue weighted by atomic mass is 10.1. The van der Waals surface area contributed by atoms with Crippen LogP contribution in [-0.4, -0.2) is 57.6 Å². The van der Waals surface area contributed by atoms with Crippen molar-refractivity contribution in [2.24, 2.45) is 5.92 Å². The van der Waals surface area contributed by atoms with Gasteiger partial charge in [-0.1, -0.05) is 51.1 Å². The Balaban J connectivity index is 2.17. The fourth-order valence-corrected chi connectivity index (χ4v) is 4.84. The molecule has 0 aliphatic rings. The van der Waals surface area contributed by atoms with Crippen molar-refractivity contribution in [3.05, 3.63) is 60.2 Å². The summed E-state index contributed by atoms with van der Waals surface area (Å²) in [7, 11) is -2.01. The van der Waals surface area contributed by atoms with Gasteiger partial charge in [0, 0.05) is 26.1 Å². The summed E-state index contributed by atoms with van der Waals surface area (Å²) < 4.78 is 31.3. The summed E-state index contributed by atoms with van der Waals surface area (Å²) >= 11 is 0. The standard InChI is InChI=1S/C27H39N3O5S/c1-6-25(27(32)28-19-21(2)3)29(20-22-11-8-7-9-12-22)26(31)13-10-18-30(36(5,33)34)23-14-16-24(35-4)17-15-23/h7-9,11-12,14-17,21,25H,6,10,13,18-20H2,1-5H3,(H,28,32)/t25-/m0/s1. The maximum absolute atomic E-state index is 13.4. The van der Waals surface area contributed by atoms with Gasteiger partial charge in [-0.3, -0.25) is 13.9 Å². The van der Waals surface area contributed by atoms with Crippen molar-refractivity contribution >= 4 is 27.5 Å². The van der Waals surface area contributed by atoms with Crippen molar-refractivity contribution in [2.45, 2.75) is 52.6 Å². The van der Waals surface area contributed by atoms with Crippen molar-refractivity contribution in [1.29, 1.82) is 0 Å². The Labute approximate surface area is 215 Å². The fraction of sp³-hybridized carbons (Fsp3) is 0.481. The quantitative estimate of drug-likeness (QED) is 0.411. The molecule has 9 heteroatoms. The number of ether oxygens (including phenoxy) is 1. The van der Waals surface area contributed by atoms with Gasteiger partial charge in [0.05, 0.1) is 19.1 Å². The van der Waals surface area contributed by atoms with Crippen LogP contribution >= 0.6 is 0 Å². The zero-order chi connectivity index (χ0) is 26.7. The lowest BCUT2D eigenvalue weighted by Gasteiger charge is -2.31. The van der Waals surface area contributed by atoms with E-state index < -0.39 is 16.1 Å². The number of methoxy groups -OCH3 is 1. The molecule has 0 saturated heterocycles. The van der Waals surface area contributed by atoms with Crippen molar-refractivity contribution < 1.29 is 22.7 Å². The van der Waals surface area contributed by atoms with E-state index >= 15 is 0 Å². The highest BCUT2D eigenvalue weighted by molar-refractivity contribution is 7.92. The number of hydrogen-bond donors (Lipinski definition) is 1. The minimum atomic E-state index is -3.55. The molecule has 2 amide bonds. The first-order valence-electron chi connectivity index (χ1n) is 12.3. The molecule has 2 aromatic rings. The van der Waals surface area contributed by atoms with E-state index in [0.717, 1.165) is 11.8 Å². The Morgan fingerprint density at radius 3 is 2.19 bits per heavy atom. The van der Waals surface area contributed by atoms with Crippen LogP contribution < -0.4 is 14.4 Å². The highest BCUT2D eigenvalue weighted by Crippen LogP contribution is 2.22. The lowest BCUT2D eigenvalue weighted by molar-refractivity contribution is -0.141. The molecule has 0 heterocycles. The predicted molar refractivity (Wildman–Crippen MR) is 143 cm³/mol. The summed E-state index contributed by atoms with van der Waals surface area (Å²) in [6, 6.07) is 15.7. The molecular weight excluding hydrogens is 478 g/mol. The number of hydrogen-bond acceptors (Lipinski definition) is 5. The van der Waals surface area contributed by atoms with Gasteiger partial charge >= 0.3 is 0 Å². The van der Waals surface area contributed by atoms with Gasteiger partial charge in [0.25, 0.3) is 0 Å². The van der Waals surface area contributed by atoms with Gasteiger partial charge in [-0.2, -0.15) is 0 Å². The third kappa shape index (κ3) is 8.86. The molecule has 0 aliphatic heterocycles. The topological polar surface area (TPSA) is 96.0 Å². The first-order chi connectivity index (χ1) is 17.1. The van der Waals surface area contributed by atoms with Gasteiger partial charge in [0.1, 0.15) is 11.8 Å². The first-order valence-corrected chi connectivity index (χ1v) is 14.1. The normalized spacial score (nSPS) is 12.2. The monoisotopic (exact) mass is 517 g/mol. The van der Waals surface area contributed by atoms with Crippen LogP contribution in [0.3, 0.4) is 0 Å². The fourth-order valence-electron chi connectivity index (χ4n) is 3.87. The second kappa shape index (κ2) is 13.9. The van der Waals surface area contributed by atoms with E-state index in [-0.39, 0.29) is 24.8 Å². The first kappa shape index (κ1) is 29.2. The Hall–Kier alpha value is -3.07. The summed E-state index contributed by atoms with van der Waals surface area (Å²) in [5, 5.41) is 2.95. The third-order valence-corrected chi connectivity index (χ3v) is 6.97. The van der Waals surface area contributed by atoms with Crippen LogP contribution in [0, 0.1) is 5.92 Å². The van der Waals surface area contributed by atoms with E-state index in [1.807, 2.05) is 51.1 Å². The second-order valence-corrected chi connectivity index (χ2v) is 11.1. The minimum absolute atomic E-state index is 0.114. The Bertz CT molecular complexity index is 1070. The number of anilines is 1. The minimum Gasteiger partial charge on any atom is -0.497 e. The van der Waals surface area contributed by atoms with Crippen LogP contribution in [0.15, 0.2) is 54.6 Å². The van der Waals surface area contributed by atoms with Crippen LogP contribution in [0.4, 0.5) is 5.69 Å².